The standard InChI is InChI=1S/C37H26S/c1-25-18-20-27(21-19-25)36-30-14-5-7-16-32(30)37(33-17-8-6-15-31(33)36)29-13-9-12-28(24-29)35-23-22-34(38-35)26-10-3-2-4-11-26/h2-24H,1H3. The molecule has 0 bridgehead atoms. The number of hydrogen-bond donors (Lipinski definition) is 0. The highest BCUT2D eigenvalue weighted by molar-refractivity contribution is 7.18. The predicted molar refractivity (Wildman–Crippen MR) is 166 cm³/mol. The molecule has 1 heteroatoms. The van der Waals surface area contributed by atoms with Crippen LogP contribution in [0.25, 0.3) is 64.7 Å². The fourth-order valence-electron chi connectivity index (χ4n) is 5.55. The van der Waals surface area contributed by atoms with Crippen molar-refractivity contribution in [3.8, 4) is 43.1 Å². The molecule has 0 amide bonds. The van der Waals surface area contributed by atoms with Crippen LogP contribution in [0.1, 0.15) is 5.56 Å². The third-order valence-corrected chi connectivity index (χ3v) is 8.56. The van der Waals surface area contributed by atoms with E-state index in [0.29, 0.717) is 0 Å². The van der Waals surface area contributed by atoms with Crippen LogP contribution in [0.4, 0.5) is 0 Å². The molecule has 6 aromatic carbocycles. The molecule has 0 saturated carbocycles. The molecule has 0 aliphatic carbocycles. The second-order valence-electron chi connectivity index (χ2n) is 9.82. The monoisotopic (exact) mass is 502 g/mol. The maximum absolute atomic E-state index is 2.36. The summed E-state index contributed by atoms with van der Waals surface area (Å²) in [7, 11) is 0. The lowest BCUT2D eigenvalue weighted by Crippen LogP contribution is -1.91. The van der Waals surface area contributed by atoms with Gasteiger partial charge in [0.05, 0.1) is 0 Å². The second-order valence-corrected chi connectivity index (χ2v) is 10.9. The first-order chi connectivity index (χ1) is 18.8. The molecule has 0 radical (unpaired) electrons. The summed E-state index contributed by atoms with van der Waals surface area (Å²) in [6, 6.07) is 50.9. The van der Waals surface area contributed by atoms with Crippen LogP contribution in [-0.2, 0) is 0 Å². The highest BCUT2D eigenvalue weighted by Crippen LogP contribution is 2.44. The summed E-state index contributed by atoms with van der Waals surface area (Å²) < 4.78 is 0. The molecular formula is C37H26S. The van der Waals surface area contributed by atoms with Gasteiger partial charge in [-0.2, -0.15) is 0 Å². The van der Waals surface area contributed by atoms with Gasteiger partial charge in [0.25, 0.3) is 0 Å². The molecule has 0 N–H and O–H groups in total. The summed E-state index contributed by atoms with van der Waals surface area (Å²) >= 11 is 1.85. The molecule has 38 heavy (non-hydrogen) atoms. The third kappa shape index (κ3) is 3.93. The van der Waals surface area contributed by atoms with Gasteiger partial charge in [-0.3, -0.25) is 0 Å². The molecule has 0 unspecified atom stereocenters. The zero-order valence-electron chi connectivity index (χ0n) is 21.2. The van der Waals surface area contributed by atoms with E-state index in [-0.39, 0.29) is 0 Å². The Morgan fingerprint density at radius 2 is 0.842 bits per heavy atom. The average molecular weight is 503 g/mol. The van der Waals surface area contributed by atoms with Crippen LogP contribution in [0.2, 0.25) is 0 Å². The molecule has 0 aliphatic heterocycles. The fourth-order valence-corrected chi connectivity index (χ4v) is 6.56. The fraction of sp³-hybridized carbons (Fsp3) is 0.0270. The van der Waals surface area contributed by atoms with E-state index in [9.17, 15) is 0 Å². The van der Waals surface area contributed by atoms with Gasteiger partial charge in [0.1, 0.15) is 0 Å². The molecule has 0 fully saturated rings. The SMILES string of the molecule is Cc1ccc(-c2c3ccccc3c(-c3cccc(-c4ccc(-c5ccccc5)s4)c3)c3ccccc23)cc1. The summed E-state index contributed by atoms with van der Waals surface area (Å²) in [6.45, 7) is 2.15. The molecule has 0 spiro atoms. The molecule has 0 atom stereocenters. The normalized spacial score (nSPS) is 11.3. The highest BCUT2D eigenvalue weighted by Gasteiger charge is 2.17. The maximum atomic E-state index is 2.36. The first kappa shape index (κ1) is 22.7. The van der Waals surface area contributed by atoms with Crippen LogP contribution >= 0.6 is 11.3 Å². The molecular weight excluding hydrogens is 476 g/mol. The van der Waals surface area contributed by atoms with Crippen molar-refractivity contribution >= 4 is 32.9 Å². The Bertz CT molecular complexity index is 1850. The van der Waals surface area contributed by atoms with E-state index in [1.165, 1.54) is 70.2 Å². The Balaban J connectivity index is 1.44. The minimum atomic E-state index is 1.25. The van der Waals surface area contributed by atoms with Gasteiger partial charge in [0.15, 0.2) is 0 Å². The van der Waals surface area contributed by atoms with E-state index in [2.05, 4.69) is 146 Å². The first-order valence-electron chi connectivity index (χ1n) is 13.0. The molecule has 7 aromatic rings. The van der Waals surface area contributed by atoms with Gasteiger partial charge in [0, 0.05) is 9.75 Å². The van der Waals surface area contributed by atoms with Crippen LogP contribution in [0, 0.1) is 6.92 Å². The molecule has 7 rings (SSSR count). The largest absolute Gasteiger partial charge is 0.135 e. The van der Waals surface area contributed by atoms with Gasteiger partial charge in [-0.25, -0.2) is 0 Å². The number of hydrogen-bond acceptors (Lipinski definition) is 1. The molecule has 1 aromatic heterocycles. The quantitative estimate of drug-likeness (QED) is 0.210. The van der Waals surface area contributed by atoms with Gasteiger partial charge in [-0.05, 0) is 80.0 Å². The highest BCUT2D eigenvalue weighted by atomic mass is 32.1. The van der Waals surface area contributed by atoms with E-state index in [0.717, 1.165) is 0 Å². The van der Waals surface area contributed by atoms with Crippen molar-refractivity contribution in [2.24, 2.45) is 0 Å². The lowest BCUT2D eigenvalue weighted by molar-refractivity contribution is 1.47. The minimum Gasteiger partial charge on any atom is -0.135 e. The zero-order chi connectivity index (χ0) is 25.5. The number of benzene rings is 6. The van der Waals surface area contributed by atoms with Crippen molar-refractivity contribution in [2.75, 3.05) is 0 Å². The summed E-state index contributed by atoms with van der Waals surface area (Å²) in [6.07, 6.45) is 0. The van der Waals surface area contributed by atoms with Gasteiger partial charge in [-0.15, -0.1) is 11.3 Å². The Morgan fingerprint density at radius 3 is 1.45 bits per heavy atom. The average Bonchev–Trinajstić information content (AvgIpc) is 3.48. The van der Waals surface area contributed by atoms with Crippen LogP contribution in [0.5, 0.6) is 0 Å². The Morgan fingerprint density at radius 1 is 0.368 bits per heavy atom. The predicted octanol–water partition coefficient (Wildman–Crippen LogP) is 11.0. The Labute approximate surface area is 227 Å². The van der Waals surface area contributed by atoms with Crippen LogP contribution in [-0.4, -0.2) is 0 Å². The lowest BCUT2D eigenvalue weighted by atomic mass is 9.85. The summed E-state index contributed by atoms with van der Waals surface area (Å²) in [5.74, 6) is 0. The lowest BCUT2D eigenvalue weighted by Gasteiger charge is -2.18. The third-order valence-electron chi connectivity index (χ3n) is 7.37. The van der Waals surface area contributed by atoms with Crippen molar-refractivity contribution in [1.29, 1.82) is 0 Å². The first-order valence-corrected chi connectivity index (χ1v) is 13.8. The van der Waals surface area contributed by atoms with Crippen molar-refractivity contribution in [2.45, 2.75) is 6.92 Å². The van der Waals surface area contributed by atoms with Crippen molar-refractivity contribution in [1.82, 2.24) is 0 Å². The Kier molecular flexibility index (Phi) is 5.65. The minimum absolute atomic E-state index is 1.25. The molecule has 180 valence electrons. The number of aryl methyl sites for hydroxylation is 1. The van der Waals surface area contributed by atoms with Gasteiger partial charge in [-0.1, -0.05) is 127 Å². The number of rotatable bonds is 4. The van der Waals surface area contributed by atoms with E-state index in [1.807, 2.05) is 11.3 Å². The maximum Gasteiger partial charge on any atom is 0.0349 e. The van der Waals surface area contributed by atoms with Gasteiger partial charge >= 0.3 is 0 Å². The second kappa shape index (κ2) is 9.45. The summed E-state index contributed by atoms with van der Waals surface area (Å²) in [5, 5.41) is 5.15. The molecule has 0 nitrogen and oxygen atoms in total. The van der Waals surface area contributed by atoms with E-state index >= 15 is 0 Å². The molecule has 0 saturated heterocycles. The topological polar surface area (TPSA) is 0 Å². The Hall–Kier alpha value is -4.46. The summed E-state index contributed by atoms with van der Waals surface area (Å²) in [5.41, 5.74) is 8.92. The van der Waals surface area contributed by atoms with Crippen LogP contribution in [0.3, 0.4) is 0 Å². The van der Waals surface area contributed by atoms with Crippen molar-refractivity contribution in [3.05, 3.63) is 145 Å². The van der Waals surface area contributed by atoms with Crippen LogP contribution < -0.4 is 0 Å². The molecule has 1 heterocycles. The van der Waals surface area contributed by atoms with Crippen molar-refractivity contribution in [3.63, 3.8) is 0 Å². The van der Waals surface area contributed by atoms with E-state index < -0.39 is 0 Å². The van der Waals surface area contributed by atoms with Crippen molar-refractivity contribution < 1.29 is 0 Å². The smallest absolute Gasteiger partial charge is 0.0349 e. The number of fused-ring (bicyclic) bond motifs is 2. The van der Waals surface area contributed by atoms with E-state index in [4.69, 9.17) is 0 Å². The zero-order valence-corrected chi connectivity index (χ0v) is 22.0. The van der Waals surface area contributed by atoms with Gasteiger partial charge < -0.3 is 0 Å². The van der Waals surface area contributed by atoms with E-state index in [1.54, 1.807) is 0 Å². The van der Waals surface area contributed by atoms with Gasteiger partial charge in [0.2, 0.25) is 0 Å². The van der Waals surface area contributed by atoms with Crippen LogP contribution in [0.15, 0.2) is 140 Å². The molecule has 0 aliphatic rings. The number of thiophene rings is 1. The summed E-state index contributed by atoms with van der Waals surface area (Å²) in [4.78, 5) is 2.58.